The lowest BCUT2D eigenvalue weighted by Gasteiger charge is -2.32. The molecule has 1 amide bonds. The summed E-state index contributed by atoms with van der Waals surface area (Å²) in [5.41, 5.74) is 1.44. The molecule has 2 aromatic rings. The van der Waals surface area contributed by atoms with Gasteiger partial charge >= 0.3 is 5.97 Å². The maximum Gasteiger partial charge on any atom is 0.338 e. The molecule has 1 aliphatic heterocycles. The number of nitrogens with zero attached hydrogens (tertiary/aromatic N) is 2. The fourth-order valence-electron chi connectivity index (χ4n) is 3.80. The van der Waals surface area contributed by atoms with Crippen molar-refractivity contribution < 1.29 is 24.0 Å². The number of hydrogen-bond donors (Lipinski definition) is 1. The van der Waals surface area contributed by atoms with E-state index in [0.717, 1.165) is 31.5 Å². The molecule has 0 unspecified atom stereocenters. The summed E-state index contributed by atoms with van der Waals surface area (Å²) in [7, 11) is 1.44. The Balaban J connectivity index is 1.68. The molecule has 1 saturated heterocycles. The summed E-state index contributed by atoms with van der Waals surface area (Å²) in [5.74, 6) is -0.615. The van der Waals surface area contributed by atoms with Crippen molar-refractivity contribution in [3.05, 3.63) is 56.6 Å². The fourth-order valence-corrected chi connectivity index (χ4v) is 3.96. The molecule has 1 N–H and O–H groups in total. The number of anilines is 2. The summed E-state index contributed by atoms with van der Waals surface area (Å²) in [6.45, 7) is 4.76. The van der Waals surface area contributed by atoms with Gasteiger partial charge in [0.15, 0.2) is 6.61 Å². The average Bonchev–Trinajstić information content (AvgIpc) is 2.79. The maximum absolute atomic E-state index is 12.5. The Bertz CT molecular complexity index is 1070. The lowest BCUT2D eigenvalue weighted by Crippen LogP contribution is -2.34. The highest BCUT2D eigenvalue weighted by Crippen LogP contribution is 2.33. The Hall–Kier alpha value is -3.33. The molecule has 10 heteroatoms. The topological polar surface area (TPSA) is 111 Å². The van der Waals surface area contributed by atoms with Gasteiger partial charge in [-0.2, -0.15) is 0 Å². The number of halogens is 1. The van der Waals surface area contributed by atoms with Crippen LogP contribution in [0.1, 0.15) is 35.7 Å². The van der Waals surface area contributed by atoms with Gasteiger partial charge in [-0.15, -0.1) is 0 Å². The van der Waals surface area contributed by atoms with Crippen molar-refractivity contribution in [3.63, 3.8) is 0 Å². The minimum atomic E-state index is -0.828. The van der Waals surface area contributed by atoms with Gasteiger partial charge < -0.3 is 19.7 Å². The van der Waals surface area contributed by atoms with Crippen LogP contribution in [0.25, 0.3) is 0 Å². The number of carbonyl (C=O) groups excluding carboxylic acids is 2. The molecule has 1 atom stereocenters. The number of nitro benzene ring substituents is 1. The van der Waals surface area contributed by atoms with Crippen molar-refractivity contribution in [2.45, 2.75) is 26.7 Å². The highest BCUT2D eigenvalue weighted by atomic mass is 35.5. The molecule has 1 aliphatic rings. The van der Waals surface area contributed by atoms with Crippen LogP contribution in [0, 0.1) is 23.0 Å². The van der Waals surface area contributed by atoms with Gasteiger partial charge in [0.1, 0.15) is 11.4 Å². The van der Waals surface area contributed by atoms with Gasteiger partial charge in [0, 0.05) is 30.2 Å². The third kappa shape index (κ3) is 5.92. The van der Waals surface area contributed by atoms with E-state index in [1.54, 1.807) is 25.1 Å². The fraction of sp³-hybridized carbons (Fsp3) is 0.391. The highest BCUT2D eigenvalue weighted by molar-refractivity contribution is 6.31. The lowest BCUT2D eigenvalue weighted by molar-refractivity contribution is -0.384. The summed E-state index contributed by atoms with van der Waals surface area (Å²) < 4.78 is 10.3. The number of nitrogens with one attached hydrogen (secondary N) is 1. The maximum atomic E-state index is 12.5. The first-order valence-electron chi connectivity index (χ1n) is 10.5. The Morgan fingerprint density at radius 3 is 2.73 bits per heavy atom. The van der Waals surface area contributed by atoms with E-state index >= 15 is 0 Å². The number of aryl methyl sites for hydroxylation is 1. The number of carbonyl (C=O) groups is 2. The third-order valence-electron chi connectivity index (χ3n) is 5.49. The van der Waals surface area contributed by atoms with Crippen molar-refractivity contribution in [2.24, 2.45) is 5.92 Å². The van der Waals surface area contributed by atoms with Gasteiger partial charge in [0.25, 0.3) is 11.6 Å². The average molecular weight is 476 g/mol. The molecule has 0 bridgehead atoms. The molecule has 0 spiro atoms. The molecule has 0 radical (unpaired) electrons. The minimum Gasteiger partial charge on any atom is -0.495 e. The monoisotopic (exact) mass is 475 g/mol. The molecule has 9 nitrogen and oxygen atoms in total. The van der Waals surface area contributed by atoms with Crippen molar-refractivity contribution in [2.75, 3.05) is 37.0 Å². The molecule has 1 heterocycles. The lowest BCUT2D eigenvalue weighted by atomic mass is 9.99. The molecule has 0 aromatic heterocycles. The molecule has 2 aromatic carbocycles. The predicted octanol–water partition coefficient (Wildman–Crippen LogP) is 4.60. The van der Waals surface area contributed by atoms with E-state index in [1.165, 1.54) is 19.2 Å². The summed E-state index contributed by atoms with van der Waals surface area (Å²) in [6.07, 6.45) is 2.04. The number of hydrogen-bond acceptors (Lipinski definition) is 7. The van der Waals surface area contributed by atoms with Crippen LogP contribution in [0.5, 0.6) is 5.75 Å². The Morgan fingerprint density at radius 2 is 2.06 bits per heavy atom. The predicted molar refractivity (Wildman–Crippen MR) is 125 cm³/mol. The Labute approximate surface area is 196 Å². The molecule has 176 valence electrons. The molecule has 0 aliphatic carbocycles. The minimum absolute atomic E-state index is 0.00299. The first kappa shape index (κ1) is 24.3. The van der Waals surface area contributed by atoms with Gasteiger partial charge in [-0.1, -0.05) is 18.5 Å². The number of piperidine rings is 1. The van der Waals surface area contributed by atoms with Crippen LogP contribution in [-0.4, -0.2) is 43.6 Å². The van der Waals surface area contributed by atoms with Gasteiger partial charge in [-0.25, -0.2) is 4.79 Å². The number of rotatable bonds is 7. The third-order valence-corrected chi connectivity index (χ3v) is 5.90. The second-order valence-corrected chi connectivity index (χ2v) is 8.49. The standard InChI is InChI=1S/C23H26ClN3O6/c1-14-5-4-8-26(12-14)19-7-6-16(10-20(19)27(30)31)23(29)33-13-22(28)25-18-9-15(2)17(24)11-21(18)32-3/h6-7,9-11,14H,4-5,8,12-13H2,1-3H3,(H,25,28)/t14-/m0/s1. The number of benzene rings is 2. The first-order chi connectivity index (χ1) is 15.7. The van der Waals surface area contributed by atoms with Crippen LogP contribution in [0.15, 0.2) is 30.3 Å². The number of amides is 1. The number of ether oxygens (including phenoxy) is 2. The van der Waals surface area contributed by atoms with Gasteiger partial charge in [0.05, 0.1) is 23.3 Å². The smallest absolute Gasteiger partial charge is 0.338 e. The van der Waals surface area contributed by atoms with Crippen molar-refractivity contribution >= 4 is 40.5 Å². The van der Waals surface area contributed by atoms with E-state index in [1.807, 2.05) is 4.90 Å². The second-order valence-electron chi connectivity index (χ2n) is 8.08. The van der Waals surface area contributed by atoms with Crippen molar-refractivity contribution in [1.82, 2.24) is 0 Å². The number of nitro groups is 1. The van der Waals surface area contributed by atoms with Crippen LogP contribution in [-0.2, 0) is 9.53 Å². The molecule has 3 rings (SSSR count). The summed E-state index contributed by atoms with van der Waals surface area (Å²) in [6, 6.07) is 7.45. The summed E-state index contributed by atoms with van der Waals surface area (Å²) in [4.78, 5) is 37.8. The quantitative estimate of drug-likeness (QED) is 0.354. The molecule has 0 saturated carbocycles. The number of esters is 1. The van der Waals surface area contributed by atoms with E-state index in [9.17, 15) is 19.7 Å². The zero-order valence-corrected chi connectivity index (χ0v) is 19.5. The van der Waals surface area contributed by atoms with E-state index in [4.69, 9.17) is 21.1 Å². The molecule has 1 fully saturated rings. The Morgan fingerprint density at radius 1 is 1.30 bits per heavy atom. The van der Waals surface area contributed by atoms with E-state index < -0.39 is 23.4 Å². The van der Waals surface area contributed by atoms with E-state index in [-0.39, 0.29) is 11.3 Å². The van der Waals surface area contributed by atoms with Crippen molar-refractivity contribution in [1.29, 1.82) is 0 Å². The van der Waals surface area contributed by atoms with Crippen LogP contribution in [0.2, 0.25) is 5.02 Å². The zero-order valence-electron chi connectivity index (χ0n) is 18.7. The van der Waals surface area contributed by atoms with Crippen LogP contribution >= 0.6 is 11.6 Å². The van der Waals surface area contributed by atoms with Crippen LogP contribution in [0.3, 0.4) is 0 Å². The molecular formula is C23H26ClN3O6. The van der Waals surface area contributed by atoms with E-state index in [0.29, 0.717) is 28.1 Å². The SMILES string of the molecule is COc1cc(Cl)c(C)cc1NC(=O)COC(=O)c1ccc(N2CCC[C@H](C)C2)c([N+](=O)[O-])c1. The van der Waals surface area contributed by atoms with Crippen molar-refractivity contribution in [3.8, 4) is 5.75 Å². The normalized spacial score (nSPS) is 15.6. The second kappa shape index (κ2) is 10.5. The van der Waals surface area contributed by atoms with Crippen LogP contribution < -0.4 is 15.0 Å². The van der Waals surface area contributed by atoms with Gasteiger partial charge in [-0.05, 0) is 49.4 Å². The van der Waals surface area contributed by atoms with Gasteiger partial charge in [-0.3, -0.25) is 14.9 Å². The van der Waals surface area contributed by atoms with Crippen LogP contribution in [0.4, 0.5) is 17.1 Å². The molecular weight excluding hydrogens is 450 g/mol. The molecule has 33 heavy (non-hydrogen) atoms. The number of methoxy groups -OCH3 is 1. The summed E-state index contributed by atoms with van der Waals surface area (Å²) in [5, 5.41) is 14.7. The first-order valence-corrected chi connectivity index (χ1v) is 10.9. The van der Waals surface area contributed by atoms with Gasteiger partial charge in [0.2, 0.25) is 0 Å². The summed E-state index contributed by atoms with van der Waals surface area (Å²) >= 11 is 6.06. The highest BCUT2D eigenvalue weighted by Gasteiger charge is 2.25. The Kier molecular flexibility index (Phi) is 7.75. The van der Waals surface area contributed by atoms with E-state index in [2.05, 4.69) is 12.2 Å². The zero-order chi connectivity index (χ0) is 24.1. The largest absolute Gasteiger partial charge is 0.495 e.